The van der Waals surface area contributed by atoms with Crippen molar-refractivity contribution in [1.29, 1.82) is 0 Å². The third-order valence-corrected chi connectivity index (χ3v) is 3.94. The van der Waals surface area contributed by atoms with Gasteiger partial charge in [-0.25, -0.2) is 0 Å². The monoisotopic (exact) mass is 318 g/mol. The molecule has 0 bridgehead atoms. The van der Waals surface area contributed by atoms with Crippen molar-refractivity contribution in [1.82, 2.24) is 4.98 Å². The Labute approximate surface area is 137 Å². The molecule has 0 aliphatic heterocycles. The first-order valence-electron chi connectivity index (χ1n) is 7.43. The lowest BCUT2D eigenvalue weighted by Gasteiger charge is -2.06. The molecule has 0 radical (unpaired) electrons. The molecule has 2 heterocycles. The summed E-state index contributed by atoms with van der Waals surface area (Å²) in [6.07, 6.45) is 1.80. The predicted octanol–water partition coefficient (Wildman–Crippen LogP) is 3.95. The van der Waals surface area contributed by atoms with E-state index in [0.29, 0.717) is 33.5 Å². The summed E-state index contributed by atoms with van der Waals surface area (Å²) in [5.74, 6) is 1.20. The highest BCUT2D eigenvalue weighted by Crippen LogP contribution is 2.25. The summed E-state index contributed by atoms with van der Waals surface area (Å²) < 4.78 is 11.2. The lowest BCUT2D eigenvalue weighted by molar-refractivity contribution is 0.302. The standard InChI is InChI=1S/C19H14N2O3/c1-23-14-6-7-18-15(9-14)16(21-22)10-19(24-18)17-8-12-4-2-3-5-13(12)11-20-17/h2-11,22H,1H3. The molecule has 2 aromatic carbocycles. The quantitative estimate of drug-likeness (QED) is 0.449. The average Bonchev–Trinajstić information content (AvgIpc) is 2.66. The van der Waals surface area contributed by atoms with E-state index in [9.17, 15) is 5.21 Å². The van der Waals surface area contributed by atoms with E-state index in [0.717, 1.165) is 10.8 Å². The minimum absolute atomic E-state index is 0.403. The molecule has 4 rings (SSSR count). The van der Waals surface area contributed by atoms with Gasteiger partial charge in [0.1, 0.15) is 22.4 Å². The van der Waals surface area contributed by atoms with Crippen molar-refractivity contribution in [3.63, 3.8) is 0 Å². The van der Waals surface area contributed by atoms with Crippen molar-refractivity contribution in [3.05, 3.63) is 66.2 Å². The van der Waals surface area contributed by atoms with Gasteiger partial charge in [0.15, 0.2) is 5.76 Å². The number of fused-ring (bicyclic) bond motifs is 2. The second-order valence-electron chi connectivity index (χ2n) is 5.37. The molecule has 2 aromatic heterocycles. The number of benzene rings is 2. The van der Waals surface area contributed by atoms with E-state index < -0.39 is 0 Å². The summed E-state index contributed by atoms with van der Waals surface area (Å²) in [4.78, 5) is 4.45. The van der Waals surface area contributed by atoms with Gasteiger partial charge in [0.2, 0.25) is 0 Å². The maximum atomic E-state index is 9.36. The van der Waals surface area contributed by atoms with Crippen LogP contribution in [0.5, 0.6) is 5.75 Å². The molecular weight excluding hydrogens is 304 g/mol. The van der Waals surface area contributed by atoms with Gasteiger partial charge in [-0.2, -0.15) is 0 Å². The van der Waals surface area contributed by atoms with Crippen LogP contribution in [0, 0.1) is 0 Å². The largest absolute Gasteiger partial charge is 0.497 e. The zero-order valence-corrected chi connectivity index (χ0v) is 12.9. The highest BCUT2D eigenvalue weighted by molar-refractivity contribution is 5.85. The fourth-order valence-corrected chi connectivity index (χ4v) is 2.70. The summed E-state index contributed by atoms with van der Waals surface area (Å²) in [7, 11) is 1.58. The van der Waals surface area contributed by atoms with Crippen molar-refractivity contribution in [2.75, 3.05) is 7.11 Å². The molecular formula is C19H14N2O3. The van der Waals surface area contributed by atoms with Gasteiger partial charge < -0.3 is 14.4 Å². The Bertz CT molecular complexity index is 1120. The van der Waals surface area contributed by atoms with Crippen molar-refractivity contribution < 1.29 is 14.4 Å². The molecule has 0 aliphatic rings. The summed E-state index contributed by atoms with van der Waals surface area (Å²) in [5, 5.41) is 15.9. The minimum atomic E-state index is 0.403. The summed E-state index contributed by atoms with van der Waals surface area (Å²) >= 11 is 0. The second kappa shape index (κ2) is 5.70. The number of hydrogen-bond donors (Lipinski definition) is 1. The third kappa shape index (κ3) is 2.36. The zero-order valence-electron chi connectivity index (χ0n) is 12.9. The molecule has 4 aromatic rings. The molecule has 5 nitrogen and oxygen atoms in total. The maximum absolute atomic E-state index is 9.36. The van der Waals surface area contributed by atoms with E-state index in [2.05, 4.69) is 10.1 Å². The first kappa shape index (κ1) is 14.3. The molecule has 0 amide bonds. The minimum Gasteiger partial charge on any atom is -0.497 e. The number of pyridine rings is 1. The number of ether oxygens (including phenoxy) is 1. The van der Waals surface area contributed by atoms with Crippen LogP contribution in [0.3, 0.4) is 0 Å². The van der Waals surface area contributed by atoms with E-state index in [1.54, 1.807) is 37.6 Å². The van der Waals surface area contributed by atoms with E-state index in [1.807, 2.05) is 30.3 Å². The molecule has 0 aliphatic carbocycles. The van der Waals surface area contributed by atoms with Crippen molar-refractivity contribution in [2.45, 2.75) is 0 Å². The maximum Gasteiger partial charge on any atom is 0.155 e. The van der Waals surface area contributed by atoms with Crippen LogP contribution in [0.25, 0.3) is 33.2 Å². The van der Waals surface area contributed by atoms with Crippen LogP contribution in [0.15, 0.2) is 70.4 Å². The van der Waals surface area contributed by atoms with Crippen molar-refractivity contribution in [3.8, 4) is 17.2 Å². The van der Waals surface area contributed by atoms with E-state index >= 15 is 0 Å². The van der Waals surface area contributed by atoms with Crippen LogP contribution in [-0.2, 0) is 0 Å². The fourth-order valence-electron chi connectivity index (χ4n) is 2.70. The van der Waals surface area contributed by atoms with Gasteiger partial charge in [-0.3, -0.25) is 4.98 Å². The second-order valence-corrected chi connectivity index (χ2v) is 5.37. The lowest BCUT2D eigenvalue weighted by atomic mass is 10.1. The lowest BCUT2D eigenvalue weighted by Crippen LogP contribution is -2.04. The van der Waals surface area contributed by atoms with Crippen LogP contribution in [-0.4, -0.2) is 17.3 Å². The summed E-state index contributed by atoms with van der Waals surface area (Å²) in [6.45, 7) is 0. The summed E-state index contributed by atoms with van der Waals surface area (Å²) in [6, 6.07) is 16.9. The Balaban J connectivity index is 1.95. The predicted molar refractivity (Wildman–Crippen MR) is 90.9 cm³/mol. The molecule has 1 N–H and O–H groups in total. The molecule has 0 unspecified atom stereocenters. The van der Waals surface area contributed by atoms with E-state index in [-0.39, 0.29) is 0 Å². The van der Waals surface area contributed by atoms with Crippen LogP contribution in [0.4, 0.5) is 0 Å². The average molecular weight is 318 g/mol. The van der Waals surface area contributed by atoms with Gasteiger partial charge in [0, 0.05) is 17.6 Å². The molecule has 0 fully saturated rings. The van der Waals surface area contributed by atoms with Gasteiger partial charge >= 0.3 is 0 Å². The number of hydrogen-bond acceptors (Lipinski definition) is 5. The van der Waals surface area contributed by atoms with Crippen LogP contribution in [0.2, 0.25) is 0 Å². The Morgan fingerprint density at radius 2 is 1.88 bits per heavy atom. The van der Waals surface area contributed by atoms with Crippen molar-refractivity contribution >= 4 is 21.7 Å². The summed E-state index contributed by atoms with van der Waals surface area (Å²) in [5.41, 5.74) is 1.27. The Morgan fingerprint density at radius 3 is 2.67 bits per heavy atom. The normalized spacial score (nSPS) is 12.0. The third-order valence-electron chi connectivity index (χ3n) is 3.94. The Kier molecular flexibility index (Phi) is 3.39. The molecule has 24 heavy (non-hydrogen) atoms. The fraction of sp³-hybridized carbons (Fsp3) is 0.0526. The molecule has 0 saturated carbocycles. The van der Waals surface area contributed by atoms with Crippen LogP contribution >= 0.6 is 0 Å². The van der Waals surface area contributed by atoms with E-state index in [4.69, 9.17) is 9.15 Å². The van der Waals surface area contributed by atoms with Gasteiger partial charge in [0.25, 0.3) is 0 Å². The highest BCUT2D eigenvalue weighted by Gasteiger charge is 2.09. The highest BCUT2D eigenvalue weighted by atomic mass is 16.5. The van der Waals surface area contributed by atoms with Gasteiger partial charge in [-0.15, -0.1) is 0 Å². The number of rotatable bonds is 2. The molecule has 0 saturated heterocycles. The zero-order chi connectivity index (χ0) is 16.5. The smallest absolute Gasteiger partial charge is 0.155 e. The molecule has 5 heteroatoms. The van der Waals surface area contributed by atoms with Crippen molar-refractivity contribution in [2.24, 2.45) is 5.16 Å². The van der Waals surface area contributed by atoms with Gasteiger partial charge in [-0.1, -0.05) is 29.4 Å². The number of nitrogens with zero attached hydrogens (tertiary/aromatic N) is 2. The molecule has 0 spiro atoms. The molecule has 118 valence electrons. The van der Waals surface area contributed by atoms with Gasteiger partial charge in [0.05, 0.1) is 12.5 Å². The number of aromatic nitrogens is 1. The first-order valence-corrected chi connectivity index (χ1v) is 7.43. The molecule has 0 atom stereocenters. The SMILES string of the molecule is COc1ccc2oc(-c3cc4ccccc4cn3)cc(=NO)c2c1. The van der Waals surface area contributed by atoms with E-state index in [1.165, 1.54) is 0 Å². The van der Waals surface area contributed by atoms with Crippen LogP contribution in [0.1, 0.15) is 0 Å². The Hall–Kier alpha value is -3.34. The first-order chi connectivity index (χ1) is 11.8. The van der Waals surface area contributed by atoms with Gasteiger partial charge in [-0.05, 0) is 29.7 Å². The van der Waals surface area contributed by atoms with Crippen LogP contribution < -0.4 is 10.1 Å². The topological polar surface area (TPSA) is 67.9 Å². The number of methoxy groups -OCH3 is 1. The Morgan fingerprint density at radius 1 is 1.04 bits per heavy atom.